The summed E-state index contributed by atoms with van der Waals surface area (Å²) in [4.78, 5) is 18.9. The van der Waals surface area contributed by atoms with Crippen molar-refractivity contribution >= 4 is 11.0 Å². The van der Waals surface area contributed by atoms with Crippen LogP contribution >= 0.6 is 0 Å². The van der Waals surface area contributed by atoms with Crippen molar-refractivity contribution < 1.29 is 23.0 Å². The van der Waals surface area contributed by atoms with Crippen molar-refractivity contribution in [2.75, 3.05) is 0 Å². The summed E-state index contributed by atoms with van der Waals surface area (Å²) in [6.07, 6.45) is 0. The summed E-state index contributed by atoms with van der Waals surface area (Å²) in [7, 11) is 0. The van der Waals surface area contributed by atoms with Crippen LogP contribution in [-0.4, -0.2) is 31.5 Å². The molecule has 0 spiro atoms. The van der Waals surface area contributed by atoms with E-state index in [9.17, 15) is 23.1 Å². The molecule has 0 radical (unpaired) electrons. The molecule has 1 unspecified atom stereocenters. The fraction of sp³-hybridized carbons (Fsp3) is 0.312. The van der Waals surface area contributed by atoms with Gasteiger partial charge in [-0.25, -0.2) is 14.1 Å². The number of ether oxygens (including phenoxy) is 1. The highest BCUT2D eigenvalue weighted by atomic mass is 19.3. The second kappa shape index (κ2) is 6.79. The molecule has 1 atom stereocenters. The van der Waals surface area contributed by atoms with E-state index >= 15 is 0 Å². The minimum absolute atomic E-state index is 0.110. The van der Waals surface area contributed by atoms with E-state index in [1.54, 1.807) is 13.8 Å². The second-order valence-corrected chi connectivity index (χ2v) is 5.64. The molecule has 3 aromatic rings. The number of hydrogen-bond acceptors (Lipinski definition) is 5. The molecular formula is C16H15F3N4O3. The minimum Gasteiger partial charge on any atom is -0.435 e. The number of hydrogen-bond donors (Lipinski definition) is 2. The van der Waals surface area contributed by atoms with Gasteiger partial charge in [0.15, 0.2) is 5.65 Å². The van der Waals surface area contributed by atoms with E-state index in [2.05, 4.69) is 19.8 Å². The van der Waals surface area contributed by atoms with Crippen LogP contribution in [0.25, 0.3) is 11.0 Å². The molecule has 2 N–H and O–H groups in total. The first-order valence-corrected chi connectivity index (χ1v) is 7.65. The van der Waals surface area contributed by atoms with Gasteiger partial charge in [0.25, 0.3) is 5.56 Å². The van der Waals surface area contributed by atoms with Gasteiger partial charge in [0.2, 0.25) is 0 Å². The van der Waals surface area contributed by atoms with E-state index in [0.717, 1.165) is 6.07 Å². The molecule has 0 saturated heterocycles. The third-order valence-corrected chi connectivity index (χ3v) is 3.92. The highest BCUT2D eigenvalue weighted by Crippen LogP contribution is 2.27. The third-order valence-electron chi connectivity index (χ3n) is 3.92. The summed E-state index contributed by atoms with van der Waals surface area (Å²) in [5.74, 6) is -0.742. The number of nitrogens with zero attached hydrogens (tertiary/aromatic N) is 3. The standard InChI is InChI=1S/C16H15F3N4O3/c1-7(10-4-3-9(5-11(10)17)26-16(18)19)23-14-13(12(6-24)22-23)15(25)21-8(2)20-14/h3-5,7,16,24H,6H2,1-2H3,(H,20,21,25). The number of aromatic amines is 1. The Morgan fingerprint density at radius 1 is 1.38 bits per heavy atom. The van der Waals surface area contributed by atoms with E-state index in [1.807, 2.05) is 0 Å². The van der Waals surface area contributed by atoms with Crippen LogP contribution in [0.4, 0.5) is 13.2 Å². The van der Waals surface area contributed by atoms with E-state index in [0.29, 0.717) is 5.82 Å². The molecule has 2 heterocycles. The highest BCUT2D eigenvalue weighted by Gasteiger charge is 2.22. The number of fused-ring (bicyclic) bond motifs is 1. The van der Waals surface area contributed by atoms with E-state index < -0.39 is 30.6 Å². The maximum atomic E-state index is 14.4. The SMILES string of the molecule is Cc1nc2c(c(CO)nn2C(C)c2ccc(OC(F)F)cc2F)c(=O)[nH]1. The maximum absolute atomic E-state index is 14.4. The molecule has 0 aliphatic rings. The molecule has 1 aromatic carbocycles. The number of benzene rings is 1. The first kappa shape index (κ1) is 17.9. The largest absolute Gasteiger partial charge is 0.435 e. The molecule has 0 aliphatic carbocycles. The number of halogens is 3. The summed E-state index contributed by atoms with van der Waals surface area (Å²) in [5, 5.41) is 13.7. The Morgan fingerprint density at radius 2 is 2.12 bits per heavy atom. The van der Waals surface area contributed by atoms with Gasteiger partial charge in [0.05, 0.1) is 12.6 Å². The minimum atomic E-state index is -3.06. The van der Waals surface area contributed by atoms with Crippen LogP contribution in [0.3, 0.4) is 0 Å². The molecule has 138 valence electrons. The lowest BCUT2D eigenvalue weighted by molar-refractivity contribution is -0.0500. The van der Waals surface area contributed by atoms with E-state index in [4.69, 9.17) is 0 Å². The van der Waals surface area contributed by atoms with Crippen LogP contribution < -0.4 is 10.3 Å². The van der Waals surface area contributed by atoms with Gasteiger partial charge >= 0.3 is 6.61 Å². The smallest absolute Gasteiger partial charge is 0.387 e. The fourth-order valence-electron chi connectivity index (χ4n) is 2.76. The Balaban J connectivity index is 2.11. The molecule has 10 heteroatoms. The van der Waals surface area contributed by atoms with Gasteiger partial charge in [-0.15, -0.1) is 0 Å². The number of rotatable bonds is 5. The summed E-state index contributed by atoms with van der Waals surface area (Å²) < 4.78 is 44.4. The van der Waals surface area contributed by atoms with Crippen molar-refractivity contribution in [3.8, 4) is 5.75 Å². The van der Waals surface area contributed by atoms with Crippen LogP contribution in [0.1, 0.15) is 30.0 Å². The van der Waals surface area contributed by atoms with E-state index in [-0.39, 0.29) is 28.0 Å². The van der Waals surface area contributed by atoms with Gasteiger partial charge in [-0.2, -0.15) is 13.9 Å². The molecule has 7 nitrogen and oxygen atoms in total. The first-order chi connectivity index (χ1) is 12.3. The van der Waals surface area contributed by atoms with Crippen LogP contribution in [0.15, 0.2) is 23.0 Å². The zero-order valence-electron chi connectivity index (χ0n) is 13.8. The number of nitrogens with one attached hydrogen (secondary N) is 1. The van der Waals surface area contributed by atoms with Gasteiger partial charge in [-0.1, -0.05) is 6.07 Å². The number of aliphatic hydroxyl groups excluding tert-OH is 1. The Kier molecular flexibility index (Phi) is 4.68. The lowest BCUT2D eigenvalue weighted by Crippen LogP contribution is -2.14. The zero-order valence-corrected chi connectivity index (χ0v) is 13.8. The topological polar surface area (TPSA) is 93.0 Å². The number of aliphatic hydroxyl groups is 1. The van der Waals surface area contributed by atoms with Gasteiger partial charge < -0.3 is 14.8 Å². The third kappa shape index (κ3) is 3.15. The Labute approximate surface area is 145 Å². The van der Waals surface area contributed by atoms with Gasteiger partial charge in [0.1, 0.15) is 28.5 Å². The Bertz CT molecular complexity index is 1020. The molecule has 0 amide bonds. The van der Waals surface area contributed by atoms with Gasteiger partial charge in [-0.3, -0.25) is 4.79 Å². The molecule has 0 aliphatic heterocycles. The number of H-pyrrole nitrogens is 1. The van der Waals surface area contributed by atoms with Crippen molar-refractivity contribution in [2.24, 2.45) is 0 Å². The normalized spacial score (nSPS) is 12.7. The lowest BCUT2D eigenvalue weighted by Gasteiger charge is -2.15. The molecule has 3 rings (SSSR count). The molecule has 26 heavy (non-hydrogen) atoms. The lowest BCUT2D eigenvalue weighted by atomic mass is 10.1. The number of aromatic nitrogens is 4. The van der Waals surface area contributed by atoms with Crippen LogP contribution in [-0.2, 0) is 6.61 Å². The monoisotopic (exact) mass is 368 g/mol. The first-order valence-electron chi connectivity index (χ1n) is 7.65. The average molecular weight is 368 g/mol. The Morgan fingerprint density at radius 3 is 2.73 bits per heavy atom. The fourth-order valence-corrected chi connectivity index (χ4v) is 2.76. The summed E-state index contributed by atoms with van der Waals surface area (Å²) in [6.45, 7) is -0.358. The van der Waals surface area contributed by atoms with Crippen molar-refractivity contribution in [2.45, 2.75) is 33.1 Å². The van der Waals surface area contributed by atoms with Crippen molar-refractivity contribution in [3.05, 3.63) is 51.5 Å². The molecule has 2 aromatic heterocycles. The van der Waals surface area contributed by atoms with Crippen molar-refractivity contribution in [1.29, 1.82) is 0 Å². The second-order valence-electron chi connectivity index (χ2n) is 5.64. The van der Waals surface area contributed by atoms with E-state index in [1.165, 1.54) is 16.8 Å². The predicted molar refractivity (Wildman–Crippen MR) is 85.7 cm³/mol. The molecule has 0 fully saturated rings. The van der Waals surface area contributed by atoms with Gasteiger partial charge in [0, 0.05) is 11.6 Å². The van der Waals surface area contributed by atoms with Crippen LogP contribution in [0, 0.1) is 12.7 Å². The highest BCUT2D eigenvalue weighted by molar-refractivity contribution is 5.77. The number of alkyl halides is 2. The quantitative estimate of drug-likeness (QED) is 0.721. The molecular weight excluding hydrogens is 353 g/mol. The van der Waals surface area contributed by atoms with Crippen molar-refractivity contribution in [3.63, 3.8) is 0 Å². The predicted octanol–water partition coefficient (Wildman–Crippen LogP) is 2.27. The zero-order chi connectivity index (χ0) is 19.0. The maximum Gasteiger partial charge on any atom is 0.387 e. The summed E-state index contributed by atoms with van der Waals surface area (Å²) in [6, 6.07) is 2.64. The Hall–Kier alpha value is -2.88. The number of aryl methyl sites for hydroxylation is 1. The van der Waals surface area contributed by atoms with Crippen molar-refractivity contribution in [1.82, 2.24) is 19.7 Å². The van der Waals surface area contributed by atoms with Gasteiger partial charge in [-0.05, 0) is 19.9 Å². The van der Waals surface area contributed by atoms with Crippen LogP contribution in [0.2, 0.25) is 0 Å². The molecule has 0 saturated carbocycles. The average Bonchev–Trinajstić information content (AvgIpc) is 2.92. The van der Waals surface area contributed by atoms with Crippen LogP contribution in [0.5, 0.6) is 5.75 Å². The molecule has 0 bridgehead atoms. The summed E-state index contributed by atoms with van der Waals surface area (Å²) >= 11 is 0. The summed E-state index contributed by atoms with van der Waals surface area (Å²) in [5.41, 5.74) is -0.0230.